The molecule has 0 radical (unpaired) electrons. The molecule has 0 bridgehead atoms. The molecule has 1 aromatic heterocycles. The second kappa shape index (κ2) is 10.9. The van der Waals surface area contributed by atoms with E-state index < -0.39 is 11.9 Å². The summed E-state index contributed by atoms with van der Waals surface area (Å²) in [4.78, 5) is 37.9. The van der Waals surface area contributed by atoms with Crippen molar-refractivity contribution in [2.75, 3.05) is 25.6 Å². The van der Waals surface area contributed by atoms with Crippen LogP contribution in [-0.2, 0) is 16.1 Å². The summed E-state index contributed by atoms with van der Waals surface area (Å²) in [6, 6.07) is 12.5. The molecule has 3 rings (SSSR count). The van der Waals surface area contributed by atoms with Crippen molar-refractivity contribution in [2.45, 2.75) is 19.5 Å². The third-order valence-electron chi connectivity index (χ3n) is 4.85. The summed E-state index contributed by atoms with van der Waals surface area (Å²) >= 11 is 0. The fraction of sp³-hybridized carbons (Fsp3) is 0.250. The number of nitrogens with one attached hydrogen (secondary N) is 2. The number of carbonyl (C=O) groups excluding carboxylic acids is 2. The number of nitrogens with zero attached hydrogens (tertiary/aromatic N) is 3. The lowest BCUT2D eigenvalue weighted by Gasteiger charge is -2.20. The molecule has 4 N–H and O–H groups in total. The van der Waals surface area contributed by atoms with Gasteiger partial charge in [0.05, 0.1) is 28.8 Å². The Labute approximate surface area is 192 Å². The predicted molar refractivity (Wildman–Crippen MR) is 130 cm³/mol. The number of hydrogen-bond donors (Lipinski definition) is 3. The Morgan fingerprint density at radius 2 is 2.06 bits per heavy atom. The standard InChI is InChI=1S/C24H28N6O3/c1-16-27-20-9-22(30(2)3)23(10-21(20)28-16)33-15-19(14-31)29-24(32)18(11-25)13-26-12-17-7-5-4-6-8-17/h4-11,13-14,19H,12,15,25H2,1-3H3,(H,27,28)(H,29,32)/t19-/m1/s1. The lowest BCUT2D eigenvalue weighted by atomic mass is 10.2. The summed E-state index contributed by atoms with van der Waals surface area (Å²) < 4.78 is 5.90. The Morgan fingerprint density at radius 1 is 1.30 bits per heavy atom. The molecule has 1 heterocycles. The number of aldehydes is 1. The maximum atomic E-state index is 12.6. The lowest BCUT2D eigenvalue weighted by molar-refractivity contribution is -0.121. The molecule has 0 aliphatic heterocycles. The van der Waals surface area contributed by atoms with Crippen LogP contribution >= 0.6 is 0 Å². The van der Waals surface area contributed by atoms with Crippen LogP contribution in [-0.4, -0.2) is 55.1 Å². The number of aliphatic imine (C=N–C) groups is 1. The molecular formula is C24H28N6O3. The number of anilines is 1. The topological polar surface area (TPSA) is 126 Å². The summed E-state index contributed by atoms with van der Waals surface area (Å²) in [5.41, 5.74) is 9.21. The smallest absolute Gasteiger partial charge is 0.254 e. The van der Waals surface area contributed by atoms with Crippen molar-refractivity contribution in [3.8, 4) is 5.75 Å². The highest BCUT2D eigenvalue weighted by Crippen LogP contribution is 2.31. The molecular weight excluding hydrogens is 420 g/mol. The van der Waals surface area contributed by atoms with Gasteiger partial charge in [-0.05, 0) is 18.6 Å². The van der Waals surface area contributed by atoms with Crippen LogP contribution in [0.25, 0.3) is 11.0 Å². The zero-order valence-electron chi connectivity index (χ0n) is 18.9. The van der Waals surface area contributed by atoms with Gasteiger partial charge in [-0.2, -0.15) is 0 Å². The fourth-order valence-corrected chi connectivity index (χ4v) is 3.18. The number of ether oxygens (including phenoxy) is 1. The van der Waals surface area contributed by atoms with E-state index in [4.69, 9.17) is 10.5 Å². The van der Waals surface area contributed by atoms with Gasteiger partial charge in [-0.1, -0.05) is 30.3 Å². The first-order valence-corrected chi connectivity index (χ1v) is 10.4. The number of aromatic amines is 1. The molecule has 33 heavy (non-hydrogen) atoms. The minimum Gasteiger partial charge on any atom is -0.489 e. The van der Waals surface area contributed by atoms with E-state index in [-0.39, 0.29) is 12.2 Å². The number of H-pyrrole nitrogens is 1. The van der Waals surface area contributed by atoms with Gasteiger partial charge in [-0.15, -0.1) is 0 Å². The van der Waals surface area contributed by atoms with E-state index in [1.54, 1.807) is 6.07 Å². The van der Waals surface area contributed by atoms with Crippen molar-refractivity contribution in [1.29, 1.82) is 0 Å². The average Bonchev–Trinajstić information content (AvgIpc) is 3.18. The Morgan fingerprint density at radius 3 is 2.73 bits per heavy atom. The van der Waals surface area contributed by atoms with E-state index in [2.05, 4.69) is 20.3 Å². The highest BCUT2D eigenvalue weighted by Gasteiger charge is 2.17. The Bertz CT molecular complexity index is 1170. The maximum absolute atomic E-state index is 12.6. The molecule has 1 amide bonds. The summed E-state index contributed by atoms with van der Waals surface area (Å²) in [5, 5.41) is 2.62. The first-order valence-electron chi connectivity index (χ1n) is 10.4. The largest absolute Gasteiger partial charge is 0.489 e. The number of aromatic nitrogens is 2. The molecule has 9 nitrogen and oxygen atoms in total. The highest BCUT2D eigenvalue weighted by molar-refractivity contribution is 6.12. The number of imidazole rings is 1. The number of rotatable bonds is 10. The molecule has 0 saturated heterocycles. The number of fused-ring (bicyclic) bond motifs is 1. The monoisotopic (exact) mass is 448 g/mol. The Kier molecular flexibility index (Phi) is 7.80. The third-order valence-corrected chi connectivity index (χ3v) is 4.85. The number of nitrogens with two attached hydrogens (primary N) is 1. The summed E-state index contributed by atoms with van der Waals surface area (Å²) in [6.45, 7) is 2.23. The van der Waals surface area contributed by atoms with Crippen LogP contribution in [0, 0.1) is 6.92 Å². The van der Waals surface area contributed by atoms with Crippen molar-refractivity contribution in [3.05, 3.63) is 65.6 Å². The highest BCUT2D eigenvalue weighted by atomic mass is 16.5. The number of aryl methyl sites for hydroxylation is 1. The van der Waals surface area contributed by atoms with Crippen molar-refractivity contribution in [3.63, 3.8) is 0 Å². The molecule has 0 aliphatic rings. The SMILES string of the molecule is Cc1nc2cc(OC[C@@H](C=O)NC(=O)C(C=NCc3ccccc3)=CN)c(N(C)C)cc2[nH]1. The molecule has 0 saturated carbocycles. The first kappa shape index (κ1) is 23.5. The van der Waals surface area contributed by atoms with Crippen LogP contribution in [0.15, 0.2) is 59.2 Å². The zero-order valence-corrected chi connectivity index (χ0v) is 18.9. The molecule has 0 unspecified atom stereocenters. The maximum Gasteiger partial charge on any atom is 0.254 e. The van der Waals surface area contributed by atoms with E-state index >= 15 is 0 Å². The van der Waals surface area contributed by atoms with Crippen molar-refractivity contribution < 1.29 is 14.3 Å². The minimum atomic E-state index is -0.874. The van der Waals surface area contributed by atoms with Crippen LogP contribution < -0.4 is 20.7 Å². The van der Waals surface area contributed by atoms with Crippen molar-refractivity contribution in [1.82, 2.24) is 15.3 Å². The van der Waals surface area contributed by atoms with Crippen LogP contribution in [0.1, 0.15) is 11.4 Å². The van der Waals surface area contributed by atoms with Gasteiger partial charge in [-0.25, -0.2) is 4.98 Å². The lowest BCUT2D eigenvalue weighted by Crippen LogP contribution is -2.41. The summed E-state index contributed by atoms with van der Waals surface area (Å²) in [6.07, 6.45) is 3.17. The van der Waals surface area contributed by atoms with Crippen LogP contribution in [0.2, 0.25) is 0 Å². The molecule has 172 valence electrons. The van der Waals surface area contributed by atoms with E-state index in [0.29, 0.717) is 18.6 Å². The Hall–Kier alpha value is -4.14. The van der Waals surface area contributed by atoms with Crippen molar-refractivity contribution in [2.24, 2.45) is 10.7 Å². The third kappa shape index (κ3) is 6.19. The normalized spacial score (nSPS) is 12.6. The minimum absolute atomic E-state index is 0.0516. The van der Waals surface area contributed by atoms with E-state index in [1.807, 2.05) is 62.3 Å². The predicted octanol–water partition coefficient (Wildman–Crippen LogP) is 2.11. The molecule has 1 atom stereocenters. The molecule has 3 aromatic rings. The second-order valence-electron chi connectivity index (χ2n) is 7.66. The second-order valence-corrected chi connectivity index (χ2v) is 7.66. The van der Waals surface area contributed by atoms with Gasteiger partial charge in [-0.3, -0.25) is 9.79 Å². The molecule has 9 heteroatoms. The van der Waals surface area contributed by atoms with Gasteiger partial charge in [0.15, 0.2) is 0 Å². The molecule has 0 spiro atoms. The zero-order chi connectivity index (χ0) is 23.8. The van der Waals surface area contributed by atoms with Crippen LogP contribution in [0.3, 0.4) is 0 Å². The molecule has 0 fully saturated rings. The van der Waals surface area contributed by atoms with Crippen LogP contribution in [0.4, 0.5) is 5.69 Å². The number of amides is 1. The van der Waals surface area contributed by atoms with Gasteiger partial charge in [0.25, 0.3) is 5.91 Å². The number of benzene rings is 2. The first-order chi connectivity index (χ1) is 15.9. The molecule has 2 aromatic carbocycles. The van der Waals surface area contributed by atoms with Gasteiger partial charge in [0, 0.05) is 32.6 Å². The van der Waals surface area contributed by atoms with Gasteiger partial charge in [0.2, 0.25) is 0 Å². The van der Waals surface area contributed by atoms with E-state index in [9.17, 15) is 9.59 Å². The van der Waals surface area contributed by atoms with Gasteiger partial charge >= 0.3 is 0 Å². The molecule has 0 aliphatic carbocycles. The van der Waals surface area contributed by atoms with Gasteiger partial charge in [0.1, 0.15) is 30.5 Å². The van der Waals surface area contributed by atoms with Gasteiger partial charge < -0.3 is 30.5 Å². The van der Waals surface area contributed by atoms with Crippen LogP contribution in [0.5, 0.6) is 5.75 Å². The number of carbonyl (C=O) groups is 2. The number of hydrogen-bond acceptors (Lipinski definition) is 7. The summed E-state index contributed by atoms with van der Waals surface area (Å²) in [5.74, 6) is 0.834. The summed E-state index contributed by atoms with van der Waals surface area (Å²) in [7, 11) is 3.78. The fourth-order valence-electron chi connectivity index (χ4n) is 3.18. The average molecular weight is 449 g/mol. The van der Waals surface area contributed by atoms with Crippen molar-refractivity contribution >= 4 is 35.1 Å². The Balaban J connectivity index is 1.64. The van der Waals surface area contributed by atoms with E-state index in [0.717, 1.165) is 34.3 Å². The van der Waals surface area contributed by atoms with E-state index in [1.165, 1.54) is 6.21 Å². The quantitative estimate of drug-likeness (QED) is 0.248.